The van der Waals surface area contributed by atoms with Crippen LogP contribution in [0.5, 0.6) is 11.5 Å². The van der Waals surface area contributed by atoms with Crippen LogP contribution in [-0.4, -0.2) is 30.4 Å². The van der Waals surface area contributed by atoms with Crippen LogP contribution < -0.4 is 14.8 Å². The van der Waals surface area contributed by atoms with Crippen LogP contribution in [0.1, 0.15) is 17.3 Å². The Morgan fingerprint density at radius 2 is 1.89 bits per heavy atom. The number of Topliss-reactive ketones (excluding diaryl/α,β-unsaturated/α-hetero) is 1. The maximum atomic E-state index is 12.2. The number of ketones is 1. The highest BCUT2D eigenvalue weighted by Gasteiger charge is 2.12. The van der Waals surface area contributed by atoms with Gasteiger partial charge in [0.2, 0.25) is 0 Å². The number of halogens is 1. The molecule has 144 valence electrons. The van der Waals surface area contributed by atoms with E-state index < -0.39 is 0 Å². The largest absolute Gasteiger partial charge is 0.493 e. The number of methoxy groups -OCH3 is 1. The molecule has 0 atom stereocenters. The van der Waals surface area contributed by atoms with E-state index in [1.54, 1.807) is 18.2 Å². The van der Waals surface area contributed by atoms with Gasteiger partial charge in [-0.3, -0.25) is 14.9 Å². The average Bonchev–Trinajstić information content (AvgIpc) is 3.15. The highest BCUT2D eigenvalue weighted by atomic mass is 79.9. The molecule has 0 saturated heterocycles. The predicted molar refractivity (Wildman–Crippen MR) is 112 cm³/mol. The molecule has 1 heterocycles. The number of nitrogens with zero attached hydrogens (tertiary/aromatic N) is 1. The fourth-order valence-corrected chi connectivity index (χ4v) is 3.39. The third-order valence-corrected chi connectivity index (χ3v) is 5.11. The van der Waals surface area contributed by atoms with E-state index in [4.69, 9.17) is 9.47 Å². The highest BCUT2D eigenvalue weighted by molar-refractivity contribution is 9.10. The van der Waals surface area contributed by atoms with Gasteiger partial charge in [0.05, 0.1) is 12.8 Å². The summed E-state index contributed by atoms with van der Waals surface area (Å²) in [5.41, 5.74) is 2.26. The number of aromatic nitrogens is 1. The van der Waals surface area contributed by atoms with Gasteiger partial charge in [0.25, 0.3) is 5.91 Å². The first-order chi connectivity index (χ1) is 13.5. The number of hydrogen-bond acceptors (Lipinski definition) is 6. The number of carbonyl (C=O) groups excluding carboxylic acids is 2. The molecule has 0 aliphatic carbocycles. The van der Waals surface area contributed by atoms with Crippen LogP contribution in [-0.2, 0) is 4.79 Å². The zero-order valence-electron chi connectivity index (χ0n) is 15.2. The fourth-order valence-electron chi connectivity index (χ4n) is 2.39. The Bertz CT molecular complexity index is 1000. The van der Waals surface area contributed by atoms with Crippen LogP contribution >= 0.6 is 27.3 Å². The van der Waals surface area contributed by atoms with Gasteiger partial charge < -0.3 is 9.47 Å². The molecule has 3 rings (SSSR count). The van der Waals surface area contributed by atoms with Crippen molar-refractivity contribution in [1.29, 1.82) is 0 Å². The Labute approximate surface area is 174 Å². The van der Waals surface area contributed by atoms with Crippen LogP contribution in [0.3, 0.4) is 0 Å². The molecule has 1 amide bonds. The van der Waals surface area contributed by atoms with Crippen molar-refractivity contribution in [2.45, 2.75) is 6.92 Å². The molecule has 1 N–H and O–H groups in total. The second-order valence-corrected chi connectivity index (χ2v) is 7.58. The van der Waals surface area contributed by atoms with Crippen molar-refractivity contribution >= 4 is 44.1 Å². The Morgan fingerprint density at radius 3 is 2.57 bits per heavy atom. The summed E-state index contributed by atoms with van der Waals surface area (Å²) in [6, 6.07) is 12.6. The minimum atomic E-state index is -0.339. The van der Waals surface area contributed by atoms with Gasteiger partial charge in [-0.2, -0.15) is 0 Å². The summed E-state index contributed by atoms with van der Waals surface area (Å²) in [7, 11) is 1.48. The van der Waals surface area contributed by atoms with Gasteiger partial charge in [0.15, 0.2) is 29.0 Å². The molecule has 0 unspecified atom stereocenters. The van der Waals surface area contributed by atoms with Gasteiger partial charge in [0.1, 0.15) is 0 Å². The van der Waals surface area contributed by atoms with Gasteiger partial charge in [-0.05, 0) is 37.3 Å². The van der Waals surface area contributed by atoms with E-state index in [0.717, 1.165) is 15.7 Å². The lowest BCUT2D eigenvalue weighted by Gasteiger charge is -2.11. The van der Waals surface area contributed by atoms with Gasteiger partial charge in [-0.25, -0.2) is 4.98 Å². The molecule has 28 heavy (non-hydrogen) atoms. The van der Waals surface area contributed by atoms with Crippen LogP contribution in [0.4, 0.5) is 5.13 Å². The number of carbonyl (C=O) groups is 2. The van der Waals surface area contributed by atoms with Crippen LogP contribution in [0, 0.1) is 0 Å². The summed E-state index contributed by atoms with van der Waals surface area (Å²) in [4.78, 5) is 28.1. The molecular weight excluding hydrogens is 444 g/mol. The SMILES string of the molecule is COc1cc(C(C)=O)ccc1OCC(=O)Nc1nc(-c2ccc(Br)cc2)cs1. The summed E-state index contributed by atoms with van der Waals surface area (Å²) < 4.78 is 11.7. The maximum Gasteiger partial charge on any atom is 0.264 e. The summed E-state index contributed by atoms with van der Waals surface area (Å²) in [5.74, 6) is 0.368. The summed E-state index contributed by atoms with van der Waals surface area (Å²) in [5, 5.41) is 5.09. The molecule has 0 aliphatic rings. The molecular formula is C20H17BrN2O4S. The van der Waals surface area contributed by atoms with Crippen molar-refractivity contribution in [3.05, 3.63) is 57.9 Å². The predicted octanol–water partition coefficient (Wildman–Crippen LogP) is 4.80. The number of nitrogens with one attached hydrogen (secondary N) is 1. The second kappa shape index (κ2) is 8.99. The monoisotopic (exact) mass is 460 g/mol. The highest BCUT2D eigenvalue weighted by Crippen LogP contribution is 2.29. The lowest BCUT2D eigenvalue weighted by Crippen LogP contribution is -2.20. The number of ether oxygens (including phenoxy) is 2. The fraction of sp³-hybridized carbons (Fsp3) is 0.150. The first-order valence-electron chi connectivity index (χ1n) is 8.29. The number of amides is 1. The molecule has 0 fully saturated rings. The number of thiazole rings is 1. The average molecular weight is 461 g/mol. The Kier molecular flexibility index (Phi) is 6.43. The van der Waals surface area contributed by atoms with Gasteiger partial charge in [0, 0.05) is 21.0 Å². The van der Waals surface area contributed by atoms with Crippen LogP contribution in [0.25, 0.3) is 11.3 Å². The third kappa shape index (κ3) is 4.96. The molecule has 0 bridgehead atoms. The van der Waals surface area contributed by atoms with Crippen molar-refractivity contribution in [3.63, 3.8) is 0 Å². The molecule has 6 nitrogen and oxygen atoms in total. The minimum absolute atomic E-state index is 0.0760. The Balaban J connectivity index is 1.61. The van der Waals surface area contributed by atoms with Gasteiger partial charge >= 0.3 is 0 Å². The van der Waals surface area contributed by atoms with E-state index in [2.05, 4.69) is 26.2 Å². The molecule has 1 aromatic heterocycles. The molecule has 3 aromatic rings. The molecule has 8 heteroatoms. The number of hydrogen-bond donors (Lipinski definition) is 1. The van der Waals surface area contributed by atoms with E-state index in [9.17, 15) is 9.59 Å². The summed E-state index contributed by atoms with van der Waals surface area (Å²) in [6.45, 7) is 1.27. The van der Waals surface area contributed by atoms with E-state index in [1.807, 2.05) is 29.6 Å². The number of rotatable bonds is 7. The van der Waals surface area contributed by atoms with Crippen molar-refractivity contribution in [3.8, 4) is 22.8 Å². The molecule has 0 radical (unpaired) electrons. The first kappa shape index (κ1) is 20.0. The van der Waals surface area contributed by atoms with Crippen molar-refractivity contribution < 1.29 is 19.1 Å². The summed E-state index contributed by atoms with van der Waals surface area (Å²) in [6.07, 6.45) is 0. The maximum absolute atomic E-state index is 12.2. The minimum Gasteiger partial charge on any atom is -0.493 e. The smallest absolute Gasteiger partial charge is 0.264 e. The van der Waals surface area contributed by atoms with Crippen molar-refractivity contribution in [2.24, 2.45) is 0 Å². The van der Waals surface area contributed by atoms with Crippen molar-refractivity contribution in [2.75, 3.05) is 19.0 Å². The first-order valence-corrected chi connectivity index (χ1v) is 9.96. The van der Waals surface area contributed by atoms with E-state index in [-0.39, 0.29) is 18.3 Å². The normalized spacial score (nSPS) is 10.4. The second-order valence-electron chi connectivity index (χ2n) is 5.80. The van der Waals surface area contributed by atoms with Gasteiger partial charge in [-0.15, -0.1) is 11.3 Å². The summed E-state index contributed by atoms with van der Waals surface area (Å²) >= 11 is 4.74. The molecule has 0 spiro atoms. The van der Waals surface area contributed by atoms with Gasteiger partial charge in [-0.1, -0.05) is 28.1 Å². The molecule has 0 saturated carbocycles. The lowest BCUT2D eigenvalue weighted by atomic mass is 10.1. The number of anilines is 1. The molecule has 0 aliphatic heterocycles. The van der Waals surface area contributed by atoms with E-state index in [1.165, 1.54) is 25.4 Å². The zero-order valence-corrected chi connectivity index (χ0v) is 17.6. The quantitative estimate of drug-likeness (QED) is 0.512. The van der Waals surface area contributed by atoms with Crippen LogP contribution in [0.2, 0.25) is 0 Å². The van der Waals surface area contributed by atoms with E-state index >= 15 is 0 Å². The number of benzene rings is 2. The van der Waals surface area contributed by atoms with Crippen molar-refractivity contribution in [1.82, 2.24) is 4.98 Å². The standard InChI is InChI=1S/C20H17BrN2O4S/c1-12(24)14-5-8-17(18(9-14)26-2)27-10-19(25)23-20-22-16(11-28-20)13-3-6-15(21)7-4-13/h3-9,11H,10H2,1-2H3,(H,22,23,25). The van der Waals surface area contributed by atoms with Crippen LogP contribution in [0.15, 0.2) is 52.3 Å². The topological polar surface area (TPSA) is 77.5 Å². The third-order valence-electron chi connectivity index (χ3n) is 3.82. The van der Waals surface area contributed by atoms with E-state index in [0.29, 0.717) is 22.2 Å². The lowest BCUT2D eigenvalue weighted by molar-refractivity contribution is -0.118. The Hall–Kier alpha value is -2.71. The Morgan fingerprint density at radius 1 is 1.14 bits per heavy atom. The molecule has 2 aromatic carbocycles. The zero-order chi connectivity index (χ0) is 20.1.